The van der Waals surface area contributed by atoms with Gasteiger partial charge in [0.1, 0.15) is 5.75 Å². The van der Waals surface area contributed by atoms with Crippen molar-refractivity contribution in [2.24, 2.45) is 5.92 Å². The van der Waals surface area contributed by atoms with E-state index in [0.717, 1.165) is 29.0 Å². The van der Waals surface area contributed by atoms with Gasteiger partial charge in [-0.25, -0.2) is 13.1 Å². The highest BCUT2D eigenvalue weighted by atomic mass is 32.2. The molecule has 1 unspecified atom stereocenters. The quantitative estimate of drug-likeness (QED) is 0.873. The zero-order valence-electron chi connectivity index (χ0n) is 15.1. The largest absolute Gasteiger partial charge is 0.493 e. The van der Waals surface area contributed by atoms with E-state index in [-0.39, 0.29) is 16.7 Å². The van der Waals surface area contributed by atoms with E-state index in [4.69, 9.17) is 4.74 Å². The Bertz CT molecular complexity index is 987. The maximum Gasteiger partial charge on any atom is 0.240 e. The molecule has 4 rings (SSSR count). The molecular formula is C20H22N2O4S. The summed E-state index contributed by atoms with van der Waals surface area (Å²) < 4.78 is 33.8. The number of carbonyl (C=O) groups excluding carboxylic acids is 1. The summed E-state index contributed by atoms with van der Waals surface area (Å²) >= 11 is 0. The lowest BCUT2D eigenvalue weighted by molar-refractivity contribution is -0.116. The molecule has 0 aromatic heterocycles. The van der Waals surface area contributed by atoms with Crippen LogP contribution in [-0.4, -0.2) is 34.0 Å². The number of carbonyl (C=O) groups is 1. The van der Waals surface area contributed by atoms with Gasteiger partial charge in [0, 0.05) is 31.6 Å². The van der Waals surface area contributed by atoms with Crippen LogP contribution < -0.4 is 14.4 Å². The molecule has 0 saturated heterocycles. The summed E-state index contributed by atoms with van der Waals surface area (Å²) in [4.78, 5) is 13.6. The van der Waals surface area contributed by atoms with E-state index in [1.165, 1.54) is 6.92 Å². The van der Waals surface area contributed by atoms with Crippen LogP contribution in [0.5, 0.6) is 5.75 Å². The molecule has 2 aromatic carbocycles. The summed E-state index contributed by atoms with van der Waals surface area (Å²) in [7, 11) is -3.61. The molecule has 7 heteroatoms. The van der Waals surface area contributed by atoms with Crippen molar-refractivity contribution in [1.29, 1.82) is 0 Å². The summed E-state index contributed by atoms with van der Waals surface area (Å²) in [6.07, 6.45) is 1.46. The van der Waals surface area contributed by atoms with E-state index in [2.05, 4.69) is 4.72 Å². The number of nitrogens with one attached hydrogen (secondary N) is 1. The number of para-hydroxylation sites is 1. The predicted molar refractivity (Wildman–Crippen MR) is 102 cm³/mol. The molecule has 27 heavy (non-hydrogen) atoms. The molecule has 2 aliphatic rings. The average Bonchev–Trinajstić information content (AvgIpc) is 3.10. The van der Waals surface area contributed by atoms with Crippen LogP contribution in [-0.2, 0) is 27.7 Å². The molecule has 0 bridgehead atoms. The molecule has 0 saturated carbocycles. The second-order valence-electron chi connectivity index (χ2n) is 7.05. The first-order chi connectivity index (χ1) is 12.9. The molecule has 1 N–H and O–H groups in total. The molecule has 6 nitrogen and oxygen atoms in total. The topological polar surface area (TPSA) is 75.7 Å². The molecule has 0 aliphatic carbocycles. The molecular weight excluding hydrogens is 364 g/mol. The van der Waals surface area contributed by atoms with Gasteiger partial charge in [-0.15, -0.1) is 0 Å². The van der Waals surface area contributed by atoms with Crippen molar-refractivity contribution >= 4 is 21.6 Å². The predicted octanol–water partition coefficient (Wildman–Crippen LogP) is 2.13. The van der Waals surface area contributed by atoms with Crippen LogP contribution in [0.4, 0.5) is 5.69 Å². The van der Waals surface area contributed by atoms with E-state index in [9.17, 15) is 13.2 Å². The van der Waals surface area contributed by atoms with Gasteiger partial charge in [-0.1, -0.05) is 18.2 Å². The first-order valence-corrected chi connectivity index (χ1v) is 10.5. The van der Waals surface area contributed by atoms with Gasteiger partial charge in [0.25, 0.3) is 0 Å². The third-order valence-electron chi connectivity index (χ3n) is 5.15. The molecule has 142 valence electrons. The Morgan fingerprint density at radius 3 is 2.85 bits per heavy atom. The van der Waals surface area contributed by atoms with Crippen molar-refractivity contribution in [3.63, 3.8) is 0 Å². The van der Waals surface area contributed by atoms with Crippen LogP contribution in [0.3, 0.4) is 0 Å². The van der Waals surface area contributed by atoms with Crippen molar-refractivity contribution in [2.75, 3.05) is 24.6 Å². The number of hydrogen-bond donors (Lipinski definition) is 1. The van der Waals surface area contributed by atoms with Crippen LogP contribution in [0.25, 0.3) is 0 Å². The van der Waals surface area contributed by atoms with E-state index in [0.29, 0.717) is 26.1 Å². The van der Waals surface area contributed by atoms with Gasteiger partial charge in [-0.2, -0.15) is 0 Å². The average molecular weight is 386 g/mol. The fraction of sp³-hybridized carbons (Fsp3) is 0.350. The Balaban J connectivity index is 1.45. The Morgan fingerprint density at radius 1 is 1.22 bits per heavy atom. The number of benzene rings is 2. The molecule has 2 aromatic rings. The van der Waals surface area contributed by atoms with Crippen LogP contribution >= 0.6 is 0 Å². The molecule has 1 atom stereocenters. The van der Waals surface area contributed by atoms with E-state index in [1.54, 1.807) is 23.1 Å². The Hall–Kier alpha value is -2.38. The monoisotopic (exact) mass is 386 g/mol. The van der Waals surface area contributed by atoms with Gasteiger partial charge < -0.3 is 9.64 Å². The second kappa shape index (κ2) is 6.98. The first-order valence-electron chi connectivity index (χ1n) is 9.05. The number of hydrogen-bond acceptors (Lipinski definition) is 4. The molecule has 0 fully saturated rings. The van der Waals surface area contributed by atoms with E-state index >= 15 is 0 Å². The van der Waals surface area contributed by atoms with Gasteiger partial charge in [-0.05, 0) is 48.2 Å². The number of anilines is 1. The highest BCUT2D eigenvalue weighted by molar-refractivity contribution is 7.89. The van der Waals surface area contributed by atoms with Crippen LogP contribution in [0.1, 0.15) is 18.1 Å². The Kier molecular flexibility index (Phi) is 4.65. The summed E-state index contributed by atoms with van der Waals surface area (Å²) in [5.41, 5.74) is 2.80. The second-order valence-corrected chi connectivity index (χ2v) is 8.82. The van der Waals surface area contributed by atoms with Crippen molar-refractivity contribution in [3.05, 3.63) is 53.6 Å². The van der Waals surface area contributed by atoms with Gasteiger partial charge in [0.05, 0.1) is 11.5 Å². The van der Waals surface area contributed by atoms with Crippen LogP contribution in [0.2, 0.25) is 0 Å². The molecule has 0 spiro atoms. The third-order valence-corrected chi connectivity index (χ3v) is 6.58. The number of ether oxygens (including phenoxy) is 1. The van der Waals surface area contributed by atoms with Crippen molar-refractivity contribution in [1.82, 2.24) is 4.72 Å². The summed E-state index contributed by atoms with van der Waals surface area (Å²) in [5.74, 6) is 0.947. The third kappa shape index (κ3) is 3.57. The number of fused-ring (bicyclic) bond motifs is 2. The lowest BCUT2D eigenvalue weighted by Gasteiger charge is -2.25. The fourth-order valence-electron chi connectivity index (χ4n) is 3.71. The normalized spacial score (nSPS) is 18.6. The lowest BCUT2D eigenvalue weighted by atomic mass is 9.97. The fourth-order valence-corrected chi connectivity index (χ4v) is 4.87. The zero-order valence-corrected chi connectivity index (χ0v) is 16.0. The maximum atomic E-state index is 12.7. The number of sulfonamides is 1. The van der Waals surface area contributed by atoms with Gasteiger partial charge >= 0.3 is 0 Å². The van der Waals surface area contributed by atoms with Gasteiger partial charge in [0.15, 0.2) is 0 Å². The smallest absolute Gasteiger partial charge is 0.240 e. The van der Waals surface area contributed by atoms with Gasteiger partial charge in [0.2, 0.25) is 15.9 Å². The minimum absolute atomic E-state index is 0.0277. The Labute approximate surface area is 159 Å². The first kappa shape index (κ1) is 18.0. The number of rotatable bonds is 4. The standard InChI is InChI=1S/C20H22N2O4S/c1-14(23)22-9-8-16-11-18(6-7-19(16)22)27(24,25)21-12-15-10-17-4-2-3-5-20(17)26-13-15/h2-7,11,15,21H,8-10,12-13H2,1H3. The Morgan fingerprint density at radius 2 is 2.04 bits per heavy atom. The number of nitrogens with zero attached hydrogens (tertiary/aromatic N) is 1. The minimum atomic E-state index is -3.61. The van der Waals surface area contributed by atoms with Crippen molar-refractivity contribution in [3.8, 4) is 5.75 Å². The van der Waals surface area contributed by atoms with E-state index in [1.807, 2.05) is 24.3 Å². The zero-order chi connectivity index (χ0) is 19.0. The summed E-state index contributed by atoms with van der Waals surface area (Å²) in [6, 6.07) is 12.8. The molecule has 0 radical (unpaired) electrons. The van der Waals surface area contributed by atoms with Crippen LogP contribution in [0.15, 0.2) is 47.4 Å². The highest BCUT2D eigenvalue weighted by Gasteiger charge is 2.26. The summed E-state index contributed by atoms with van der Waals surface area (Å²) in [5, 5.41) is 0. The summed E-state index contributed by atoms with van der Waals surface area (Å²) in [6.45, 7) is 2.94. The SMILES string of the molecule is CC(=O)N1CCc2cc(S(=O)(=O)NCC3COc4ccccc4C3)ccc21. The lowest BCUT2D eigenvalue weighted by Crippen LogP contribution is -2.34. The minimum Gasteiger partial charge on any atom is -0.493 e. The highest BCUT2D eigenvalue weighted by Crippen LogP contribution is 2.30. The molecule has 2 heterocycles. The molecule has 2 aliphatic heterocycles. The van der Waals surface area contributed by atoms with Crippen molar-refractivity contribution < 1.29 is 17.9 Å². The van der Waals surface area contributed by atoms with E-state index < -0.39 is 10.0 Å². The maximum absolute atomic E-state index is 12.7. The number of amides is 1. The molecule has 1 amide bonds. The van der Waals surface area contributed by atoms with Crippen LogP contribution in [0, 0.1) is 5.92 Å². The van der Waals surface area contributed by atoms with Gasteiger partial charge in [-0.3, -0.25) is 4.79 Å². The van der Waals surface area contributed by atoms with Crippen molar-refractivity contribution in [2.45, 2.75) is 24.7 Å².